The van der Waals surface area contributed by atoms with Gasteiger partial charge in [-0.3, -0.25) is 9.59 Å². The van der Waals surface area contributed by atoms with Gasteiger partial charge in [-0.25, -0.2) is 0 Å². The van der Waals surface area contributed by atoms with Crippen molar-refractivity contribution in [1.29, 1.82) is 0 Å². The Morgan fingerprint density at radius 3 is 2.38 bits per heavy atom. The zero-order chi connectivity index (χ0) is 20.6. The van der Waals surface area contributed by atoms with E-state index in [0.29, 0.717) is 17.9 Å². The van der Waals surface area contributed by atoms with Crippen LogP contribution in [0.15, 0.2) is 83.1 Å². The van der Waals surface area contributed by atoms with Crippen LogP contribution >= 0.6 is 0 Å². The number of aryl methyl sites for hydroxylation is 1. The van der Waals surface area contributed by atoms with Gasteiger partial charge in [-0.1, -0.05) is 55.0 Å². The van der Waals surface area contributed by atoms with E-state index in [9.17, 15) is 9.59 Å². The topological polar surface area (TPSA) is 71.3 Å². The van der Waals surface area contributed by atoms with Crippen molar-refractivity contribution >= 4 is 17.9 Å². The molecule has 0 radical (unpaired) electrons. The van der Waals surface area contributed by atoms with Crippen LogP contribution in [0.4, 0.5) is 0 Å². The number of rotatable bonds is 7. The zero-order valence-corrected chi connectivity index (χ0v) is 16.5. The Morgan fingerprint density at radius 2 is 1.72 bits per heavy atom. The molecule has 1 heterocycles. The first-order valence-electron chi connectivity index (χ1n) is 9.49. The molecule has 0 spiro atoms. The summed E-state index contributed by atoms with van der Waals surface area (Å²) in [6.07, 6.45) is 3.04. The van der Waals surface area contributed by atoms with Gasteiger partial charge in [-0.15, -0.1) is 0 Å². The van der Waals surface area contributed by atoms with Crippen molar-refractivity contribution in [3.63, 3.8) is 0 Å². The predicted molar refractivity (Wildman–Crippen MR) is 113 cm³/mol. The minimum Gasteiger partial charge on any atom is -0.465 e. The molecule has 3 rings (SSSR count). The van der Waals surface area contributed by atoms with Crippen molar-refractivity contribution in [2.45, 2.75) is 19.8 Å². The van der Waals surface area contributed by atoms with Gasteiger partial charge in [0.25, 0.3) is 11.8 Å². The summed E-state index contributed by atoms with van der Waals surface area (Å²) in [6.45, 7) is 4.43. The molecule has 3 aromatic rings. The Hall–Kier alpha value is -3.60. The summed E-state index contributed by atoms with van der Waals surface area (Å²) >= 11 is 0. The van der Waals surface area contributed by atoms with Crippen molar-refractivity contribution in [3.8, 4) is 0 Å². The van der Waals surface area contributed by atoms with E-state index in [4.69, 9.17) is 4.42 Å². The van der Waals surface area contributed by atoms with Crippen molar-refractivity contribution in [2.24, 2.45) is 0 Å². The Labute approximate surface area is 170 Å². The van der Waals surface area contributed by atoms with Crippen LogP contribution in [0.1, 0.15) is 40.1 Å². The van der Waals surface area contributed by atoms with E-state index in [-0.39, 0.29) is 23.4 Å². The molecule has 148 valence electrons. The molecule has 0 bridgehead atoms. The second-order valence-electron chi connectivity index (χ2n) is 6.92. The summed E-state index contributed by atoms with van der Waals surface area (Å²) in [6, 6.07) is 20.5. The van der Waals surface area contributed by atoms with Crippen LogP contribution in [0.25, 0.3) is 6.08 Å². The summed E-state index contributed by atoms with van der Waals surface area (Å²) in [5, 5.41) is 5.60. The highest BCUT2D eigenvalue weighted by molar-refractivity contribution is 6.05. The molecule has 1 atom stereocenters. The summed E-state index contributed by atoms with van der Waals surface area (Å²) in [7, 11) is 0. The molecule has 29 heavy (non-hydrogen) atoms. The molecule has 0 unspecified atom stereocenters. The van der Waals surface area contributed by atoms with Crippen molar-refractivity contribution in [3.05, 3.63) is 101 Å². The Morgan fingerprint density at radius 1 is 1.00 bits per heavy atom. The summed E-state index contributed by atoms with van der Waals surface area (Å²) in [5.41, 5.74) is 2.80. The molecule has 0 saturated heterocycles. The molecule has 1 aromatic heterocycles. The fourth-order valence-electron chi connectivity index (χ4n) is 2.81. The van der Waals surface area contributed by atoms with Crippen LogP contribution in [0.5, 0.6) is 0 Å². The lowest BCUT2D eigenvalue weighted by Gasteiger charge is -2.15. The third-order valence-corrected chi connectivity index (χ3v) is 4.57. The number of furan rings is 1. The highest BCUT2D eigenvalue weighted by Gasteiger charge is 2.16. The van der Waals surface area contributed by atoms with E-state index in [1.165, 1.54) is 12.3 Å². The SMILES string of the molecule is Cc1ccc(C(=O)N/C(=C\c2ccco2)C(=O)NC[C@@H](C)c2ccccc2)cc1. The van der Waals surface area contributed by atoms with Crippen LogP contribution in [0.2, 0.25) is 0 Å². The van der Waals surface area contributed by atoms with Gasteiger partial charge in [0.15, 0.2) is 0 Å². The fraction of sp³-hybridized carbons (Fsp3) is 0.167. The molecule has 2 N–H and O–H groups in total. The first kappa shape index (κ1) is 20.1. The second-order valence-corrected chi connectivity index (χ2v) is 6.92. The van der Waals surface area contributed by atoms with E-state index in [1.54, 1.807) is 24.3 Å². The Bertz CT molecular complexity index is 975. The number of amides is 2. The number of benzene rings is 2. The van der Waals surface area contributed by atoms with E-state index < -0.39 is 0 Å². The monoisotopic (exact) mass is 388 g/mol. The lowest BCUT2D eigenvalue weighted by molar-refractivity contribution is -0.117. The second kappa shape index (κ2) is 9.55. The fourth-order valence-corrected chi connectivity index (χ4v) is 2.81. The minimum atomic E-state index is -0.371. The molecule has 0 fully saturated rings. The van der Waals surface area contributed by atoms with Gasteiger partial charge in [-0.2, -0.15) is 0 Å². The summed E-state index contributed by atoms with van der Waals surface area (Å²) in [4.78, 5) is 25.4. The largest absolute Gasteiger partial charge is 0.465 e. The van der Waals surface area contributed by atoms with Gasteiger partial charge >= 0.3 is 0 Å². The number of hydrogen-bond donors (Lipinski definition) is 2. The van der Waals surface area contributed by atoms with Crippen molar-refractivity contribution in [1.82, 2.24) is 10.6 Å². The number of carbonyl (C=O) groups excluding carboxylic acids is 2. The summed E-state index contributed by atoms with van der Waals surface area (Å²) in [5.74, 6) is -0.105. The highest BCUT2D eigenvalue weighted by Crippen LogP contribution is 2.14. The smallest absolute Gasteiger partial charge is 0.267 e. The maximum absolute atomic E-state index is 12.8. The first-order chi connectivity index (χ1) is 14.0. The number of hydrogen-bond acceptors (Lipinski definition) is 3. The predicted octanol–water partition coefficient (Wildman–Crippen LogP) is 4.28. The van der Waals surface area contributed by atoms with Gasteiger partial charge in [0.1, 0.15) is 11.5 Å². The third-order valence-electron chi connectivity index (χ3n) is 4.57. The highest BCUT2D eigenvalue weighted by atomic mass is 16.3. The normalized spacial score (nSPS) is 12.3. The first-order valence-corrected chi connectivity index (χ1v) is 9.49. The van der Waals surface area contributed by atoms with Crippen molar-refractivity contribution < 1.29 is 14.0 Å². The maximum atomic E-state index is 12.8. The van der Waals surface area contributed by atoms with Crippen LogP contribution < -0.4 is 10.6 Å². The molecule has 0 aliphatic rings. The zero-order valence-electron chi connectivity index (χ0n) is 16.5. The van der Waals surface area contributed by atoms with Crippen LogP contribution in [0.3, 0.4) is 0 Å². The molecule has 2 amide bonds. The maximum Gasteiger partial charge on any atom is 0.267 e. The van der Waals surface area contributed by atoms with Gasteiger partial charge in [-0.05, 0) is 42.7 Å². The average Bonchev–Trinajstić information content (AvgIpc) is 3.25. The molecule has 0 saturated carbocycles. The van der Waals surface area contributed by atoms with Gasteiger partial charge in [0, 0.05) is 18.2 Å². The van der Waals surface area contributed by atoms with E-state index >= 15 is 0 Å². The van der Waals surface area contributed by atoms with E-state index in [1.807, 2.05) is 56.3 Å². The quantitative estimate of drug-likeness (QED) is 0.594. The van der Waals surface area contributed by atoms with Gasteiger partial charge < -0.3 is 15.1 Å². The van der Waals surface area contributed by atoms with Crippen LogP contribution in [-0.2, 0) is 4.79 Å². The van der Waals surface area contributed by atoms with Gasteiger partial charge in [0.05, 0.1) is 6.26 Å². The summed E-state index contributed by atoms with van der Waals surface area (Å²) < 4.78 is 5.30. The minimum absolute atomic E-state index is 0.130. The Kier molecular flexibility index (Phi) is 6.63. The van der Waals surface area contributed by atoms with Crippen molar-refractivity contribution in [2.75, 3.05) is 6.54 Å². The molecular formula is C24H24N2O3. The Balaban J connectivity index is 1.72. The molecule has 0 aliphatic heterocycles. The molecule has 2 aromatic carbocycles. The van der Waals surface area contributed by atoms with Crippen LogP contribution in [-0.4, -0.2) is 18.4 Å². The van der Waals surface area contributed by atoms with Gasteiger partial charge in [0.2, 0.25) is 0 Å². The standard InChI is InChI=1S/C24H24N2O3/c1-17-10-12-20(13-11-17)23(27)26-22(15-21-9-6-14-29-21)24(28)25-16-18(2)19-7-4-3-5-8-19/h3-15,18H,16H2,1-2H3,(H,25,28)(H,26,27)/b22-15-/t18-/m1/s1. The number of carbonyl (C=O) groups is 2. The third kappa shape index (κ3) is 5.69. The molecule has 0 aliphatic carbocycles. The lowest BCUT2D eigenvalue weighted by Crippen LogP contribution is -2.36. The van der Waals surface area contributed by atoms with Crippen LogP contribution in [0, 0.1) is 6.92 Å². The van der Waals surface area contributed by atoms with E-state index in [0.717, 1.165) is 11.1 Å². The number of nitrogens with one attached hydrogen (secondary N) is 2. The average molecular weight is 388 g/mol. The molecular weight excluding hydrogens is 364 g/mol. The molecule has 5 nitrogen and oxygen atoms in total. The lowest BCUT2D eigenvalue weighted by atomic mass is 10.0. The van der Waals surface area contributed by atoms with E-state index in [2.05, 4.69) is 10.6 Å². The molecule has 5 heteroatoms.